The number of amides is 1. The Morgan fingerprint density at radius 3 is 2.72 bits per heavy atom. The number of anilines is 2. The number of carbonyl (C=O) groups is 1. The van der Waals surface area contributed by atoms with E-state index in [9.17, 15) is 4.79 Å². The van der Waals surface area contributed by atoms with Gasteiger partial charge < -0.3 is 15.8 Å². The summed E-state index contributed by atoms with van der Waals surface area (Å²) in [7, 11) is 0. The highest BCUT2D eigenvalue weighted by atomic mass is 35.5. The summed E-state index contributed by atoms with van der Waals surface area (Å²) in [6, 6.07) is 7.15. The third kappa shape index (κ3) is 3.98. The molecular weight excluding hydrogens is 381 g/mol. The first-order valence-corrected chi connectivity index (χ1v) is 8.95. The normalized spacial score (nSPS) is 10.9. The lowest BCUT2D eigenvalue weighted by molar-refractivity contribution is -0.118. The molecule has 8 heteroatoms. The van der Waals surface area contributed by atoms with Crippen LogP contribution in [0, 0.1) is 13.8 Å². The van der Waals surface area contributed by atoms with Crippen LogP contribution >= 0.6 is 34.5 Å². The number of hydrogen-bond acceptors (Lipinski definition) is 5. The van der Waals surface area contributed by atoms with Crippen molar-refractivity contribution in [2.45, 2.75) is 13.8 Å². The molecule has 0 saturated heterocycles. The number of hydrogen-bond donors (Lipinski definition) is 2. The van der Waals surface area contributed by atoms with Crippen molar-refractivity contribution in [2.75, 3.05) is 17.7 Å². The van der Waals surface area contributed by atoms with Crippen LogP contribution in [0.4, 0.5) is 10.8 Å². The molecule has 0 bridgehead atoms. The summed E-state index contributed by atoms with van der Waals surface area (Å²) in [5.74, 6) is 0.190. The van der Waals surface area contributed by atoms with Crippen LogP contribution in [0.1, 0.15) is 11.1 Å². The van der Waals surface area contributed by atoms with Gasteiger partial charge in [0.15, 0.2) is 11.7 Å². The summed E-state index contributed by atoms with van der Waals surface area (Å²) in [6.45, 7) is 3.67. The molecule has 0 radical (unpaired) electrons. The fourth-order valence-electron chi connectivity index (χ4n) is 2.50. The average Bonchev–Trinajstić information content (AvgIpc) is 2.87. The van der Waals surface area contributed by atoms with Crippen molar-refractivity contribution >= 4 is 61.5 Å². The SMILES string of the molecule is Cc1cc(C)c(OCC(=O)Nc2cc(Cl)c3nc(N)sc3c2)c(Cl)c1. The number of benzene rings is 2. The quantitative estimate of drug-likeness (QED) is 0.663. The number of halogens is 2. The van der Waals surface area contributed by atoms with Crippen molar-refractivity contribution in [3.05, 3.63) is 45.4 Å². The first-order valence-electron chi connectivity index (χ1n) is 7.38. The number of ether oxygens (including phenoxy) is 1. The topological polar surface area (TPSA) is 77.2 Å². The Morgan fingerprint density at radius 1 is 1.24 bits per heavy atom. The molecule has 0 saturated carbocycles. The Hall–Kier alpha value is -2.02. The predicted octanol–water partition coefficient (Wildman–Crippen LogP) is 4.82. The summed E-state index contributed by atoms with van der Waals surface area (Å²) in [6.07, 6.45) is 0. The zero-order valence-electron chi connectivity index (χ0n) is 13.5. The first-order chi connectivity index (χ1) is 11.8. The molecule has 0 atom stereocenters. The van der Waals surface area contributed by atoms with Gasteiger partial charge in [-0.25, -0.2) is 4.98 Å². The summed E-state index contributed by atoms with van der Waals surface area (Å²) >= 11 is 13.7. The lowest BCUT2D eigenvalue weighted by Crippen LogP contribution is -2.20. The van der Waals surface area contributed by atoms with Crippen molar-refractivity contribution in [1.29, 1.82) is 0 Å². The van der Waals surface area contributed by atoms with Crippen LogP contribution in [0.25, 0.3) is 10.2 Å². The van der Waals surface area contributed by atoms with Crippen LogP contribution in [0.2, 0.25) is 10.0 Å². The van der Waals surface area contributed by atoms with E-state index in [-0.39, 0.29) is 12.5 Å². The van der Waals surface area contributed by atoms with Gasteiger partial charge >= 0.3 is 0 Å². The van der Waals surface area contributed by atoms with Crippen LogP contribution in [-0.2, 0) is 4.79 Å². The van der Waals surface area contributed by atoms with Crippen molar-refractivity contribution in [3.63, 3.8) is 0 Å². The van der Waals surface area contributed by atoms with Crippen LogP contribution in [0.5, 0.6) is 5.75 Å². The standard InChI is InChI=1S/C17H15Cl2N3O2S/c1-8-3-9(2)16(12(19)4-8)24-7-14(23)21-10-5-11(18)15-13(6-10)25-17(20)22-15/h3-6H,7H2,1-2H3,(H2,20,22)(H,21,23). The number of aromatic nitrogens is 1. The fourth-order valence-corrected chi connectivity index (χ4v) is 3.99. The summed E-state index contributed by atoms with van der Waals surface area (Å²) in [5.41, 5.74) is 8.78. The summed E-state index contributed by atoms with van der Waals surface area (Å²) in [5, 5.41) is 4.09. The smallest absolute Gasteiger partial charge is 0.262 e. The zero-order valence-corrected chi connectivity index (χ0v) is 15.9. The summed E-state index contributed by atoms with van der Waals surface area (Å²) in [4.78, 5) is 16.3. The van der Waals surface area contributed by atoms with E-state index in [1.165, 1.54) is 11.3 Å². The predicted molar refractivity (Wildman–Crippen MR) is 104 cm³/mol. The van der Waals surface area contributed by atoms with E-state index in [4.69, 9.17) is 33.7 Å². The molecule has 1 aromatic heterocycles. The second-order valence-corrected chi connectivity index (χ2v) is 7.46. The van der Waals surface area contributed by atoms with Crippen LogP contribution < -0.4 is 15.8 Å². The van der Waals surface area contributed by atoms with Crippen LogP contribution in [0.15, 0.2) is 24.3 Å². The van der Waals surface area contributed by atoms with Gasteiger partial charge in [-0.3, -0.25) is 4.79 Å². The van der Waals surface area contributed by atoms with Gasteiger partial charge in [0, 0.05) is 5.69 Å². The van der Waals surface area contributed by atoms with Gasteiger partial charge in [0.2, 0.25) is 0 Å². The fraction of sp³-hybridized carbons (Fsp3) is 0.176. The second-order valence-electron chi connectivity index (χ2n) is 5.59. The molecule has 3 rings (SSSR count). The number of fused-ring (bicyclic) bond motifs is 1. The highest BCUT2D eigenvalue weighted by Crippen LogP contribution is 2.33. The number of carbonyl (C=O) groups excluding carboxylic acids is 1. The molecule has 0 aliphatic carbocycles. The minimum absolute atomic E-state index is 0.163. The van der Waals surface area contributed by atoms with Gasteiger partial charge in [-0.1, -0.05) is 40.6 Å². The van der Waals surface area contributed by atoms with E-state index in [1.54, 1.807) is 18.2 Å². The number of nitrogens with zero attached hydrogens (tertiary/aromatic N) is 1. The molecule has 25 heavy (non-hydrogen) atoms. The molecule has 130 valence electrons. The minimum Gasteiger partial charge on any atom is -0.482 e. The van der Waals surface area contributed by atoms with Gasteiger partial charge in [-0.05, 0) is 43.2 Å². The third-order valence-electron chi connectivity index (χ3n) is 3.47. The van der Waals surface area contributed by atoms with Crippen molar-refractivity contribution < 1.29 is 9.53 Å². The molecule has 0 aliphatic heterocycles. The van der Waals surface area contributed by atoms with E-state index in [0.29, 0.717) is 32.1 Å². The molecule has 2 aromatic carbocycles. The van der Waals surface area contributed by atoms with Crippen LogP contribution in [-0.4, -0.2) is 17.5 Å². The van der Waals surface area contributed by atoms with Gasteiger partial charge in [0.05, 0.1) is 14.7 Å². The average molecular weight is 396 g/mol. The molecule has 3 aromatic rings. The van der Waals surface area contributed by atoms with E-state index in [2.05, 4.69) is 10.3 Å². The van der Waals surface area contributed by atoms with E-state index in [0.717, 1.165) is 15.8 Å². The number of nitrogens with two attached hydrogens (primary N) is 1. The number of nitrogen functional groups attached to an aromatic ring is 1. The molecular formula is C17H15Cl2N3O2S. The molecule has 1 heterocycles. The van der Waals surface area contributed by atoms with E-state index in [1.807, 2.05) is 19.9 Å². The monoisotopic (exact) mass is 395 g/mol. The number of thiazole rings is 1. The summed E-state index contributed by atoms with van der Waals surface area (Å²) < 4.78 is 6.38. The Balaban J connectivity index is 1.71. The zero-order chi connectivity index (χ0) is 18.1. The second kappa shape index (κ2) is 7.07. The highest BCUT2D eigenvalue weighted by Gasteiger charge is 2.12. The molecule has 0 unspecified atom stereocenters. The first kappa shape index (κ1) is 17.8. The Bertz CT molecular complexity index is 949. The molecule has 3 N–H and O–H groups in total. The van der Waals surface area contributed by atoms with Gasteiger partial charge in [0.25, 0.3) is 5.91 Å². The Kier molecular flexibility index (Phi) is 5.03. The molecule has 0 aliphatic rings. The third-order valence-corrected chi connectivity index (χ3v) is 4.87. The Labute approximate surface area is 158 Å². The lowest BCUT2D eigenvalue weighted by Gasteiger charge is -2.12. The minimum atomic E-state index is -0.316. The van der Waals surface area contributed by atoms with Gasteiger partial charge in [-0.2, -0.15) is 0 Å². The van der Waals surface area contributed by atoms with Crippen molar-refractivity contribution in [2.24, 2.45) is 0 Å². The van der Waals surface area contributed by atoms with Crippen LogP contribution in [0.3, 0.4) is 0 Å². The number of nitrogens with one attached hydrogen (secondary N) is 1. The van der Waals surface area contributed by atoms with E-state index >= 15 is 0 Å². The maximum absolute atomic E-state index is 12.2. The largest absolute Gasteiger partial charge is 0.482 e. The van der Waals surface area contributed by atoms with Gasteiger partial charge in [-0.15, -0.1) is 0 Å². The highest BCUT2D eigenvalue weighted by molar-refractivity contribution is 7.22. The molecule has 1 amide bonds. The Morgan fingerprint density at radius 2 is 2.00 bits per heavy atom. The molecule has 0 spiro atoms. The van der Waals surface area contributed by atoms with Crippen molar-refractivity contribution in [1.82, 2.24) is 4.98 Å². The maximum atomic E-state index is 12.2. The maximum Gasteiger partial charge on any atom is 0.262 e. The van der Waals surface area contributed by atoms with Gasteiger partial charge in [0.1, 0.15) is 11.3 Å². The van der Waals surface area contributed by atoms with E-state index < -0.39 is 0 Å². The van der Waals surface area contributed by atoms with Crippen molar-refractivity contribution in [3.8, 4) is 5.75 Å². The number of rotatable bonds is 4. The number of aryl methyl sites for hydroxylation is 2. The molecule has 0 fully saturated rings. The molecule has 5 nitrogen and oxygen atoms in total. The lowest BCUT2D eigenvalue weighted by atomic mass is 10.1.